The summed E-state index contributed by atoms with van der Waals surface area (Å²) >= 11 is 0. The SMILES string of the molecule is CCN1CCC[C@H]1C(=O)N1C[C@H]2[C@@H]([C@H]1C(=O)NC(C#N)C[C@@H]1CCNC1=O)C2(C)C. The van der Waals surface area contributed by atoms with Gasteiger partial charge in [-0.1, -0.05) is 20.8 Å². The summed E-state index contributed by atoms with van der Waals surface area (Å²) in [6.45, 7) is 9.37. The van der Waals surface area contributed by atoms with Crippen molar-refractivity contribution in [1.29, 1.82) is 5.26 Å². The number of likely N-dealkylation sites (N-methyl/N-ethyl adjacent to an activating group) is 1. The van der Waals surface area contributed by atoms with Gasteiger partial charge >= 0.3 is 0 Å². The van der Waals surface area contributed by atoms with E-state index in [1.807, 2.05) is 0 Å². The van der Waals surface area contributed by atoms with Gasteiger partial charge < -0.3 is 15.5 Å². The largest absolute Gasteiger partial charge is 0.356 e. The molecule has 4 rings (SSSR count). The Labute approximate surface area is 178 Å². The zero-order valence-corrected chi connectivity index (χ0v) is 18.2. The molecule has 8 heteroatoms. The molecular formula is C22H33N5O3. The molecule has 1 unspecified atom stereocenters. The Bertz CT molecular complexity index is 775. The third kappa shape index (κ3) is 3.47. The number of rotatable bonds is 6. The van der Waals surface area contributed by atoms with Gasteiger partial charge in [-0.05, 0) is 56.0 Å². The maximum atomic E-state index is 13.4. The summed E-state index contributed by atoms with van der Waals surface area (Å²) in [6.07, 6.45) is 2.85. The number of carbonyl (C=O) groups excluding carboxylic acids is 3. The van der Waals surface area contributed by atoms with Crippen molar-refractivity contribution >= 4 is 17.7 Å². The minimum atomic E-state index is -0.720. The molecule has 0 aromatic heterocycles. The Hall–Kier alpha value is -2.14. The summed E-state index contributed by atoms with van der Waals surface area (Å²) < 4.78 is 0. The fourth-order valence-electron chi connectivity index (χ4n) is 6.04. The highest BCUT2D eigenvalue weighted by Crippen LogP contribution is 2.65. The molecule has 6 atom stereocenters. The highest BCUT2D eigenvalue weighted by atomic mass is 16.2. The van der Waals surface area contributed by atoms with Gasteiger partial charge in [-0.2, -0.15) is 5.26 Å². The van der Waals surface area contributed by atoms with E-state index in [2.05, 4.69) is 42.4 Å². The smallest absolute Gasteiger partial charge is 0.244 e. The molecule has 2 N–H and O–H groups in total. The Morgan fingerprint density at radius 3 is 2.77 bits per heavy atom. The molecule has 1 saturated carbocycles. The molecule has 1 aliphatic carbocycles. The van der Waals surface area contributed by atoms with Gasteiger partial charge in [0.15, 0.2) is 0 Å². The summed E-state index contributed by atoms with van der Waals surface area (Å²) in [5.74, 6) is -0.0140. The summed E-state index contributed by atoms with van der Waals surface area (Å²) in [7, 11) is 0. The molecule has 4 fully saturated rings. The number of nitrogens with one attached hydrogen (secondary N) is 2. The van der Waals surface area contributed by atoms with Crippen molar-refractivity contribution in [1.82, 2.24) is 20.4 Å². The maximum absolute atomic E-state index is 13.4. The first kappa shape index (κ1) is 21.1. The van der Waals surface area contributed by atoms with Gasteiger partial charge in [0.2, 0.25) is 17.7 Å². The lowest BCUT2D eigenvalue weighted by Gasteiger charge is -2.34. The van der Waals surface area contributed by atoms with E-state index in [1.165, 1.54) is 0 Å². The Kier molecular flexibility index (Phi) is 5.52. The van der Waals surface area contributed by atoms with Crippen LogP contribution in [0, 0.1) is 34.5 Å². The highest BCUT2D eigenvalue weighted by molar-refractivity contribution is 5.92. The quantitative estimate of drug-likeness (QED) is 0.657. The number of nitrogens with zero attached hydrogens (tertiary/aromatic N) is 3. The molecule has 164 valence electrons. The third-order valence-electron chi connectivity index (χ3n) is 7.97. The van der Waals surface area contributed by atoms with Crippen LogP contribution in [-0.4, -0.2) is 71.8 Å². The lowest BCUT2D eigenvalue weighted by atomic mass is 9.97. The number of piperidine rings is 1. The van der Waals surface area contributed by atoms with Gasteiger partial charge in [0.1, 0.15) is 12.1 Å². The van der Waals surface area contributed by atoms with Crippen molar-refractivity contribution in [2.75, 3.05) is 26.2 Å². The molecule has 3 aliphatic heterocycles. The second-order valence-electron chi connectivity index (χ2n) is 9.88. The number of amides is 3. The average molecular weight is 416 g/mol. The maximum Gasteiger partial charge on any atom is 0.244 e. The fraction of sp³-hybridized carbons (Fsp3) is 0.818. The first-order valence-corrected chi connectivity index (χ1v) is 11.3. The van der Waals surface area contributed by atoms with Gasteiger partial charge in [0.25, 0.3) is 0 Å². The van der Waals surface area contributed by atoms with E-state index in [1.54, 1.807) is 4.90 Å². The van der Waals surface area contributed by atoms with E-state index >= 15 is 0 Å². The lowest BCUT2D eigenvalue weighted by molar-refractivity contribution is -0.144. The van der Waals surface area contributed by atoms with E-state index in [-0.39, 0.29) is 41.0 Å². The minimum Gasteiger partial charge on any atom is -0.356 e. The number of carbonyl (C=O) groups is 3. The average Bonchev–Trinajstić information content (AvgIpc) is 3.25. The molecule has 0 spiro atoms. The summed E-state index contributed by atoms with van der Waals surface area (Å²) in [6, 6.07) is 0.763. The molecular weight excluding hydrogens is 382 g/mol. The second-order valence-corrected chi connectivity index (χ2v) is 9.88. The standard InChI is InChI=1S/C22H33N5O3/c1-4-26-9-5-6-16(26)21(30)27-12-15-17(22(15,2)3)18(27)20(29)25-14(11-23)10-13-7-8-24-19(13)28/h13-18H,4-10,12H2,1-3H3,(H,24,28)(H,25,29)/t13-,14?,15-,16-,17-,18-/m0/s1. The molecule has 8 nitrogen and oxygen atoms in total. The van der Waals surface area contributed by atoms with Crippen LogP contribution in [0.15, 0.2) is 0 Å². The Morgan fingerprint density at radius 2 is 2.13 bits per heavy atom. The highest BCUT2D eigenvalue weighted by Gasteiger charge is 2.69. The third-order valence-corrected chi connectivity index (χ3v) is 7.97. The van der Waals surface area contributed by atoms with E-state index in [0.717, 1.165) is 25.9 Å². The van der Waals surface area contributed by atoms with Gasteiger partial charge in [0.05, 0.1) is 12.1 Å². The number of hydrogen-bond acceptors (Lipinski definition) is 5. The number of hydrogen-bond donors (Lipinski definition) is 2. The van der Waals surface area contributed by atoms with E-state index < -0.39 is 12.1 Å². The van der Waals surface area contributed by atoms with Crippen molar-refractivity contribution in [3.05, 3.63) is 0 Å². The topological polar surface area (TPSA) is 106 Å². The van der Waals surface area contributed by atoms with Crippen molar-refractivity contribution in [3.63, 3.8) is 0 Å². The van der Waals surface area contributed by atoms with E-state index in [4.69, 9.17) is 0 Å². The summed E-state index contributed by atoms with van der Waals surface area (Å²) in [4.78, 5) is 42.5. The van der Waals surface area contributed by atoms with Crippen LogP contribution in [0.1, 0.15) is 46.5 Å². The van der Waals surface area contributed by atoms with Crippen LogP contribution in [0.25, 0.3) is 0 Å². The van der Waals surface area contributed by atoms with Crippen LogP contribution >= 0.6 is 0 Å². The second kappa shape index (κ2) is 7.84. The van der Waals surface area contributed by atoms with Gasteiger partial charge in [-0.3, -0.25) is 19.3 Å². The van der Waals surface area contributed by atoms with E-state index in [0.29, 0.717) is 31.8 Å². The van der Waals surface area contributed by atoms with Crippen LogP contribution in [0.3, 0.4) is 0 Å². The summed E-state index contributed by atoms with van der Waals surface area (Å²) in [5.41, 5.74) is 0.0341. The van der Waals surface area contributed by atoms with Gasteiger partial charge in [-0.15, -0.1) is 0 Å². The first-order chi connectivity index (χ1) is 14.3. The number of likely N-dealkylation sites (tertiary alicyclic amines) is 2. The van der Waals surface area contributed by atoms with Gasteiger partial charge in [0, 0.05) is 19.0 Å². The van der Waals surface area contributed by atoms with Crippen molar-refractivity contribution < 1.29 is 14.4 Å². The normalized spacial score (nSPS) is 35.5. The van der Waals surface area contributed by atoms with Crippen LogP contribution < -0.4 is 10.6 Å². The molecule has 3 amide bonds. The molecule has 0 aromatic carbocycles. The predicted molar refractivity (Wildman–Crippen MR) is 110 cm³/mol. The minimum absolute atomic E-state index is 0.0341. The predicted octanol–water partition coefficient (Wildman–Crippen LogP) is 0.488. The first-order valence-electron chi connectivity index (χ1n) is 11.3. The van der Waals surface area contributed by atoms with Crippen LogP contribution in [0.2, 0.25) is 0 Å². The van der Waals surface area contributed by atoms with Crippen molar-refractivity contribution in [2.45, 2.75) is 64.6 Å². The Balaban J connectivity index is 1.47. The lowest BCUT2D eigenvalue weighted by Crippen LogP contribution is -2.55. The fourth-order valence-corrected chi connectivity index (χ4v) is 6.04. The molecule has 3 saturated heterocycles. The van der Waals surface area contributed by atoms with Crippen LogP contribution in [-0.2, 0) is 14.4 Å². The molecule has 0 radical (unpaired) electrons. The van der Waals surface area contributed by atoms with Crippen LogP contribution in [0.4, 0.5) is 0 Å². The molecule has 4 aliphatic rings. The van der Waals surface area contributed by atoms with Crippen molar-refractivity contribution in [3.8, 4) is 6.07 Å². The van der Waals surface area contributed by atoms with Crippen LogP contribution in [0.5, 0.6) is 0 Å². The summed E-state index contributed by atoms with van der Waals surface area (Å²) in [5, 5.41) is 15.2. The zero-order chi connectivity index (χ0) is 21.6. The molecule has 0 bridgehead atoms. The number of fused-ring (bicyclic) bond motifs is 1. The molecule has 3 heterocycles. The van der Waals surface area contributed by atoms with E-state index in [9.17, 15) is 19.6 Å². The zero-order valence-electron chi connectivity index (χ0n) is 18.2. The molecule has 0 aromatic rings. The Morgan fingerprint density at radius 1 is 1.37 bits per heavy atom. The van der Waals surface area contributed by atoms with Crippen molar-refractivity contribution in [2.24, 2.45) is 23.2 Å². The van der Waals surface area contributed by atoms with Gasteiger partial charge in [-0.25, -0.2) is 0 Å². The number of nitriles is 1. The molecule has 30 heavy (non-hydrogen) atoms. The monoisotopic (exact) mass is 415 g/mol.